The number of nitrogen functional groups attached to an aromatic ring is 1. The van der Waals surface area contributed by atoms with Crippen LogP contribution in [0.4, 0.5) is 5.82 Å². The lowest BCUT2D eigenvalue weighted by Gasteiger charge is -2.06. The third-order valence-electron chi connectivity index (χ3n) is 3.95. The third kappa shape index (κ3) is 5.04. The van der Waals surface area contributed by atoms with Gasteiger partial charge < -0.3 is 10.5 Å². The summed E-state index contributed by atoms with van der Waals surface area (Å²) in [5.41, 5.74) is 9.93. The maximum absolute atomic E-state index is 5.93. The highest BCUT2D eigenvalue weighted by molar-refractivity contribution is 5.72. The molecule has 0 radical (unpaired) electrons. The van der Waals surface area contributed by atoms with Gasteiger partial charge in [-0.15, -0.1) is 0 Å². The van der Waals surface area contributed by atoms with Crippen LogP contribution in [0.5, 0.6) is 5.88 Å². The fraction of sp³-hybridized carbons (Fsp3) is 0.190. The van der Waals surface area contributed by atoms with Gasteiger partial charge in [-0.1, -0.05) is 24.3 Å². The van der Waals surface area contributed by atoms with Crippen molar-refractivity contribution < 1.29 is 4.74 Å². The maximum Gasteiger partial charge on any atom is 0.213 e. The average molecular weight is 361 g/mol. The molecule has 0 aliphatic rings. The molecule has 0 spiro atoms. The first-order chi connectivity index (χ1) is 13.2. The molecule has 6 heteroatoms. The predicted molar refractivity (Wildman–Crippen MR) is 107 cm³/mol. The van der Waals surface area contributed by atoms with Gasteiger partial charge >= 0.3 is 0 Å². The van der Waals surface area contributed by atoms with E-state index in [2.05, 4.69) is 15.1 Å². The van der Waals surface area contributed by atoms with Gasteiger partial charge in [0.05, 0.1) is 12.7 Å². The van der Waals surface area contributed by atoms with E-state index < -0.39 is 0 Å². The van der Waals surface area contributed by atoms with Crippen LogP contribution in [0.1, 0.15) is 19.4 Å². The molecule has 6 nitrogen and oxygen atoms in total. The lowest BCUT2D eigenvalue weighted by molar-refractivity contribution is 0.338. The van der Waals surface area contributed by atoms with E-state index in [0.29, 0.717) is 24.8 Å². The Balaban J connectivity index is 1.61. The Labute approximate surface area is 159 Å². The van der Waals surface area contributed by atoms with Gasteiger partial charge in [-0.2, -0.15) is 5.10 Å². The molecule has 0 aromatic carbocycles. The lowest BCUT2D eigenvalue weighted by Crippen LogP contribution is -2.03. The van der Waals surface area contributed by atoms with Crippen LogP contribution in [0, 0.1) is 0 Å². The van der Waals surface area contributed by atoms with Crippen LogP contribution in [0.15, 0.2) is 72.9 Å². The second-order valence-electron chi connectivity index (χ2n) is 6.19. The van der Waals surface area contributed by atoms with E-state index in [1.807, 2.05) is 67.2 Å². The molecule has 0 fully saturated rings. The first-order valence-corrected chi connectivity index (χ1v) is 8.75. The Hall–Kier alpha value is -3.41. The van der Waals surface area contributed by atoms with Crippen LogP contribution in [0.2, 0.25) is 0 Å². The molecular formula is C21H23N5O. The minimum Gasteiger partial charge on any atom is -0.473 e. The summed E-state index contributed by atoms with van der Waals surface area (Å²) in [4.78, 5) is 8.48. The van der Waals surface area contributed by atoms with Gasteiger partial charge in [0.15, 0.2) is 0 Å². The number of nitrogens with zero attached hydrogens (tertiary/aromatic N) is 4. The first-order valence-electron chi connectivity index (χ1n) is 8.75. The Morgan fingerprint density at radius 2 is 2.11 bits per heavy atom. The fourth-order valence-electron chi connectivity index (χ4n) is 2.52. The summed E-state index contributed by atoms with van der Waals surface area (Å²) in [5.74, 6) is 1.11. The fourth-order valence-corrected chi connectivity index (χ4v) is 2.52. The van der Waals surface area contributed by atoms with Crippen LogP contribution in [0.25, 0.3) is 11.1 Å². The van der Waals surface area contributed by atoms with Crippen molar-refractivity contribution in [1.82, 2.24) is 19.7 Å². The number of aromatic nitrogens is 4. The minimum absolute atomic E-state index is 0.499. The molecule has 0 aliphatic carbocycles. The van der Waals surface area contributed by atoms with Gasteiger partial charge in [-0.25, -0.2) is 9.97 Å². The molecule has 3 aromatic rings. The second kappa shape index (κ2) is 8.80. The smallest absolute Gasteiger partial charge is 0.213 e. The van der Waals surface area contributed by atoms with Crippen molar-refractivity contribution >= 4 is 5.82 Å². The molecule has 27 heavy (non-hydrogen) atoms. The summed E-state index contributed by atoms with van der Waals surface area (Å²) in [7, 11) is 0. The van der Waals surface area contributed by atoms with Gasteiger partial charge in [0.1, 0.15) is 12.4 Å². The van der Waals surface area contributed by atoms with E-state index in [4.69, 9.17) is 10.5 Å². The predicted octanol–water partition coefficient (Wildman–Crippen LogP) is 3.87. The van der Waals surface area contributed by atoms with E-state index in [9.17, 15) is 0 Å². The topological polar surface area (TPSA) is 78.9 Å². The van der Waals surface area contributed by atoms with Gasteiger partial charge in [0.25, 0.3) is 0 Å². The monoisotopic (exact) mass is 361 g/mol. The molecule has 0 aliphatic heterocycles. The number of pyridine rings is 2. The molecule has 0 unspecified atom stereocenters. The quantitative estimate of drug-likeness (QED) is 0.646. The SMILES string of the molecule is C/C=C\C=C(/C)COc1ccc(Cn2cc(-c3cccnc3N)cn2)cn1. The number of allylic oxidation sites excluding steroid dienone is 3. The highest BCUT2D eigenvalue weighted by Gasteiger charge is 2.06. The van der Waals surface area contributed by atoms with E-state index in [-0.39, 0.29) is 0 Å². The summed E-state index contributed by atoms with van der Waals surface area (Å²) in [6.07, 6.45) is 13.2. The summed E-state index contributed by atoms with van der Waals surface area (Å²) >= 11 is 0. The normalized spacial score (nSPS) is 11.9. The number of nitrogens with two attached hydrogens (primary N) is 1. The zero-order chi connectivity index (χ0) is 19.1. The van der Waals surface area contributed by atoms with Crippen LogP contribution >= 0.6 is 0 Å². The zero-order valence-electron chi connectivity index (χ0n) is 15.5. The van der Waals surface area contributed by atoms with Crippen molar-refractivity contribution in [3.63, 3.8) is 0 Å². The molecule has 3 heterocycles. The number of hydrogen-bond donors (Lipinski definition) is 1. The van der Waals surface area contributed by atoms with Crippen molar-refractivity contribution in [2.45, 2.75) is 20.4 Å². The second-order valence-corrected chi connectivity index (χ2v) is 6.19. The van der Waals surface area contributed by atoms with Crippen molar-refractivity contribution in [3.8, 4) is 17.0 Å². The summed E-state index contributed by atoms with van der Waals surface area (Å²) in [5, 5.41) is 4.40. The Bertz CT molecular complexity index is 941. The molecule has 0 amide bonds. The molecule has 138 valence electrons. The van der Waals surface area contributed by atoms with Crippen LogP contribution in [0.3, 0.4) is 0 Å². The summed E-state index contributed by atoms with van der Waals surface area (Å²) < 4.78 is 7.54. The van der Waals surface area contributed by atoms with E-state index in [0.717, 1.165) is 22.3 Å². The number of anilines is 1. The standard InChI is InChI=1S/C21H23N5O/c1-3-4-6-16(2)15-27-20-9-8-17(11-24-20)13-26-14-18(12-25-26)19-7-5-10-23-21(19)22/h3-12,14H,13,15H2,1-2H3,(H2,22,23)/b4-3-,16-6+. The van der Waals surface area contributed by atoms with Gasteiger partial charge in [-0.05, 0) is 37.1 Å². The van der Waals surface area contributed by atoms with Crippen molar-refractivity contribution in [1.29, 1.82) is 0 Å². The third-order valence-corrected chi connectivity index (χ3v) is 3.95. The molecule has 3 aromatic heterocycles. The van der Waals surface area contributed by atoms with Crippen LogP contribution < -0.4 is 10.5 Å². The van der Waals surface area contributed by atoms with Crippen LogP contribution in [-0.2, 0) is 6.54 Å². The largest absolute Gasteiger partial charge is 0.473 e. The maximum atomic E-state index is 5.93. The molecule has 0 bridgehead atoms. The Kier molecular flexibility index (Phi) is 5.99. The van der Waals surface area contributed by atoms with E-state index >= 15 is 0 Å². The van der Waals surface area contributed by atoms with Gasteiger partial charge in [0, 0.05) is 35.8 Å². The summed E-state index contributed by atoms with van der Waals surface area (Å²) in [6, 6.07) is 7.67. The number of ether oxygens (including phenoxy) is 1. The lowest BCUT2D eigenvalue weighted by atomic mass is 10.1. The zero-order valence-corrected chi connectivity index (χ0v) is 15.5. The Morgan fingerprint density at radius 1 is 1.22 bits per heavy atom. The van der Waals surface area contributed by atoms with E-state index in [1.165, 1.54) is 0 Å². The van der Waals surface area contributed by atoms with Crippen molar-refractivity contribution in [2.24, 2.45) is 0 Å². The molecule has 2 N–H and O–H groups in total. The molecule has 3 rings (SSSR count). The first kappa shape index (κ1) is 18.4. The summed E-state index contributed by atoms with van der Waals surface area (Å²) in [6.45, 7) is 5.15. The van der Waals surface area contributed by atoms with Gasteiger partial charge in [0.2, 0.25) is 5.88 Å². The van der Waals surface area contributed by atoms with E-state index in [1.54, 1.807) is 18.6 Å². The van der Waals surface area contributed by atoms with Gasteiger partial charge in [-0.3, -0.25) is 4.68 Å². The molecular weight excluding hydrogens is 338 g/mol. The average Bonchev–Trinajstić information content (AvgIpc) is 3.14. The Morgan fingerprint density at radius 3 is 2.85 bits per heavy atom. The number of hydrogen-bond acceptors (Lipinski definition) is 5. The number of rotatable bonds is 7. The minimum atomic E-state index is 0.499. The molecule has 0 saturated heterocycles. The molecule has 0 atom stereocenters. The van der Waals surface area contributed by atoms with Crippen molar-refractivity contribution in [3.05, 3.63) is 78.4 Å². The van der Waals surface area contributed by atoms with Crippen LogP contribution in [-0.4, -0.2) is 26.4 Å². The highest BCUT2D eigenvalue weighted by atomic mass is 16.5. The highest BCUT2D eigenvalue weighted by Crippen LogP contribution is 2.23. The van der Waals surface area contributed by atoms with Crippen molar-refractivity contribution in [2.75, 3.05) is 12.3 Å². The molecule has 0 saturated carbocycles.